The first-order valence-electron chi connectivity index (χ1n) is 8.21. The van der Waals surface area contributed by atoms with Crippen molar-refractivity contribution in [3.63, 3.8) is 0 Å². The highest BCUT2D eigenvalue weighted by atomic mass is 15.2. The second kappa shape index (κ2) is 9.36. The van der Waals surface area contributed by atoms with Crippen molar-refractivity contribution in [1.82, 2.24) is 10.6 Å². The number of aliphatic imine (C=N–C) groups is 1. The third kappa shape index (κ3) is 5.77. The first-order chi connectivity index (χ1) is 11.7. The maximum atomic E-state index is 8.82. The van der Waals surface area contributed by atoms with Gasteiger partial charge in [0.15, 0.2) is 5.96 Å². The largest absolute Gasteiger partial charge is 0.354 e. The molecule has 0 saturated carbocycles. The van der Waals surface area contributed by atoms with Crippen molar-refractivity contribution >= 4 is 5.96 Å². The monoisotopic (exact) mass is 320 g/mol. The van der Waals surface area contributed by atoms with Crippen molar-refractivity contribution < 1.29 is 0 Å². The Balaban J connectivity index is 1.77. The fourth-order valence-electron chi connectivity index (χ4n) is 2.41. The second-order valence-corrected chi connectivity index (χ2v) is 5.80. The van der Waals surface area contributed by atoms with Crippen LogP contribution in [0.5, 0.6) is 0 Å². The van der Waals surface area contributed by atoms with Gasteiger partial charge in [-0.3, -0.25) is 4.99 Å². The number of nitriles is 1. The van der Waals surface area contributed by atoms with E-state index in [0.29, 0.717) is 18.2 Å². The van der Waals surface area contributed by atoms with Gasteiger partial charge in [-0.15, -0.1) is 0 Å². The molecule has 0 fully saturated rings. The standard InChI is InChI=1S/C20H24N4/c1-16(8-9-17-6-4-3-5-7-17)24-20(22-2)23-15-19-12-10-18(14-21)11-13-19/h3-7,10-13,16H,8-9,15H2,1-2H3,(H2,22,23,24). The molecule has 0 aliphatic rings. The summed E-state index contributed by atoms with van der Waals surface area (Å²) in [7, 11) is 1.78. The molecule has 124 valence electrons. The molecular weight excluding hydrogens is 296 g/mol. The SMILES string of the molecule is CN=C(NCc1ccc(C#N)cc1)NC(C)CCc1ccccc1. The molecule has 2 aromatic carbocycles. The van der Waals surface area contributed by atoms with Crippen LogP contribution >= 0.6 is 0 Å². The fraction of sp³-hybridized carbons (Fsp3) is 0.300. The van der Waals surface area contributed by atoms with E-state index in [1.807, 2.05) is 30.3 Å². The summed E-state index contributed by atoms with van der Waals surface area (Å²) >= 11 is 0. The van der Waals surface area contributed by atoms with Crippen LogP contribution < -0.4 is 10.6 Å². The van der Waals surface area contributed by atoms with Gasteiger partial charge in [-0.1, -0.05) is 42.5 Å². The van der Waals surface area contributed by atoms with Gasteiger partial charge in [-0.25, -0.2) is 0 Å². The number of aryl methyl sites for hydroxylation is 1. The topological polar surface area (TPSA) is 60.2 Å². The predicted molar refractivity (Wildman–Crippen MR) is 98.7 cm³/mol. The summed E-state index contributed by atoms with van der Waals surface area (Å²) in [4.78, 5) is 4.27. The van der Waals surface area contributed by atoms with Crippen LogP contribution in [0, 0.1) is 11.3 Å². The maximum absolute atomic E-state index is 8.82. The zero-order chi connectivity index (χ0) is 17.2. The van der Waals surface area contributed by atoms with Crippen LogP contribution in [0.15, 0.2) is 59.6 Å². The lowest BCUT2D eigenvalue weighted by Gasteiger charge is -2.18. The summed E-state index contributed by atoms with van der Waals surface area (Å²) in [5, 5.41) is 15.5. The van der Waals surface area contributed by atoms with E-state index in [1.54, 1.807) is 7.05 Å². The highest BCUT2D eigenvalue weighted by Gasteiger charge is 2.05. The van der Waals surface area contributed by atoms with Gasteiger partial charge in [0.25, 0.3) is 0 Å². The van der Waals surface area contributed by atoms with E-state index in [9.17, 15) is 0 Å². The number of guanidine groups is 1. The Labute approximate surface area is 144 Å². The zero-order valence-electron chi connectivity index (χ0n) is 14.3. The Morgan fingerprint density at radius 3 is 2.42 bits per heavy atom. The summed E-state index contributed by atoms with van der Waals surface area (Å²) in [6, 6.07) is 20.5. The molecule has 4 nitrogen and oxygen atoms in total. The van der Waals surface area contributed by atoms with E-state index in [-0.39, 0.29) is 0 Å². The van der Waals surface area contributed by atoms with E-state index in [1.165, 1.54) is 5.56 Å². The van der Waals surface area contributed by atoms with E-state index in [2.05, 4.69) is 52.9 Å². The predicted octanol–water partition coefficient (Wildman–Crippen LogP) is 3.24. The lowest BCUT2D eigenvalue weighted by molar-refractivity contribution is 0.593. The Hall–Kier alpha value is -2.80. The van der Waals surface area contributed by atoms with Crippen LogP contribution in [0.4, 0.5) is 0 Å². The van der Waals surface area contributed by atoms with Crippen LogP contribution in [-0.2, 0) is 13.0 Å². The van der Waals surface area contributed by atoms with Gasteiger partial charge in [0, 0.05) is 19.6 Å². The van der Waals surface area contributed by atoms with E-state index >= 15 is 0 Å². The van der Waals surface area contributed by atoms with Gasteiger partial charge in [-0.05, 0) is 43.0 Å². The Kier molecular flexibility index (Phi) is 6.85. The van der Waals surface area contributed by atoms with Crippen molar-refractivity contribution in [2.75, 3.05) is 7.05 Å². The van der Waals surface area contributed by atoms with Crippen LogP contribution in [0.25, 0.3) is 0 Å². The molecule has 1 atom stereocenters. The number of nitrogens with zero attached hydrogens (tertiary/aromatic N) is 2. The summed E-state index contributed by atoms with van der Waals surface area (Å²) in [6.07, 6.45) is 2.09. The molecule has 0 spiro atoms. The Morgan fingerprint density at radius 1 is 1.08 bits per heavy atom. The number of hydrogen-bond donors (Lipinski definition) is 2. The highest BCUT2D eigenvalue weighted by Crippen LogP contribution is 2.05. The Morgan fingerprint density at radius 2 is 1.79 bits per heavy atom. The lowest BCUT2D eigenvalue weighted by Crippen LogP contribution is -2.42. The summed E-state index contributed by atoms with van der Waals surface area (Å²) in [5.74, 6) is 0.792. The number of rotatable bonds is 6. The van der Waals surface area contributed by atoms with Gasteiger partial charge in [-0.2, -0.15) is 5.26 Å². The van der Waals surface area contributed by atoms with Crippen LogP contribution in [0.1, 0.15) is 30.0 Å². The van der Waals surface area contributed by atoms with Gasteiger partial charge in [0.2, 0.25) is 0 Å². The molecule has 0 aliphatic carbocycles. The minimum absolute atomic E-state index is 0.331. The third-order valence-corrected chi connectivity index (χ3v) is 3.86. The zero-order valence-corrected chi connectivity index (χ0v) is 14.3. The smallest absolute Gasteiger partial charge is 0.191 e. The van der Waals surface area contributed by atoms with Gasteiger partial charge >= 0.3 is 0 Å². The van der Waals surface area contributed by atoms with Crippen molar-refractivity contribution in [2.45, 2.75) is 32.4 Å². The van der Waals surface area contributed by atoms with E-state index in [4.69, 9.17) is 5.26 Å². The molecule has 24 heavy (non-hydrogen) atoms. The molecule has 0 bridgehead atoms. The van der Waals surface area contributed by atoms with Crippen LogP contribution in [0.2, 0.25) is 0 Å². The quantitative estimate of drug-likeness (QED) is 0.634. The van der Waals surface area contributed by atoms with E-state index < -0.39 is 0 Å². The number of nitrogens with one attached hydrogen (secondary N) is 2. The third-order valence-electron chi connectivity index (χ3n) is 3.86. The lowest BCUT2D eigenvalue weighted by atomic mass is 10.1. The molecule has 2 rings (SSSR count). The molecule has 0 saturated heterocycles. The number of benzene rings is 2. The van der Waals surface area contributed by atoms with Gasteiger partial charge < -0.3 is 10.6 Å². The van der Waals surface area contributed by atoms with Crippen molar-refractivity contribution in [3.8, 4) is 6.07 Å². The molecule has 0 amide bonds. The first kappa shape index (κ1) is 17.6. The van der Waals surface area contributed by atoms with Crippen molar-refractivity contribution in [3.05, 3.63) is 71.3 Å². The molecular formula is C20H24N4. The van der Waals surface area contributed by atoms with Gasteiger partial charge in [0.1, 0.15) is 0 Å². The normalized spacial score (nSPS) is 12.3. The van der Waals surface area contributed by atoms with E-state index in [0.717, 1.165) is 24.4 Å². The maximum Gasteiger partial charge on any atom is 0.191 e. The van der Waals surface area contributed by atoms with Crippen molar-refractivity contribution in [2.24, 2.45) is 4.99 Å². The minimum Gasteiger partial charge on any atom is -0.354 e. The molecule has 4 heteroatoms. The average Bonchev–Trinajstić information content (AvgIpc) is 2.64. The van der Waals surface area contributed by atoms with Crippen LogP contribution in [-0.4, -0.2) is 19.0 Å². The summed E-state index contributed by atoms with van der Waals surface area (Å²) < 4.78 is 0. The average molecular weight is 320 g/mol. The van der Waals surface area contributed by atoms with Gasteiger partial charge in [0.05, 0.1) is 11.6 Å². The first-order valence-corrected chi connectivity index (χ1v) is 8.21. The molecule has 2 aromatic rings. The molecule has 1 unspecified atom stereocenters. The minimum atomic E-state index is 0.331. The summed E-state index contributed by atoms with van der Waals surface area (Å²) in [5.41, 5.74) is 3.15. The fourth-order valence-corrected chi connectivity index (χ4v) is 2.41. The Bertz CT molecular complexity index is 684. The molecule has 2 N–H and O–H groups in total. The van der Waals surface area contributed by atoms with Crippen LogP contribution in [0.3, 0.4) is 0 Å². The number of hydrogen-bond acceptors (Lipinski definition) is 2. The molecule has 0 radical (unpaired) electrons. The molecule has 0 aromatic heterocycles. The van der Waals surface area contributed by atoms with Crippen molar-refractivity contribution in [1.29, 1.82) is 5.26 Å². The molecule has 0 heterocycles. The highest BCUT2D eigenvalue weighted by molar-refractivity contribution is 5.79. The summed E-state index contributed by atoms with van der Waals surface area (Å²) in [6.45, 7) is 2.84. The molecule has 0 aliphatic heterocycles. The second-order valence-electron chi connectivity index (χ2n) is 5.80.